The Morgan fingerprint density at radius 2 is 1.65 bits per heavy atom. The molecule has 0 radical (unpaired) electrons. The SMILES string of the molecule is CCCCC[C@@H]1C=C[C@@H](CCCC[C@H]2CC[C@@H](c3ccc(-c4cc(O)cc(O)c4Cc4ccc(C(C)C)cc4)[nH]3)[C@@H]3C[C@H](Cc4ccnc(N)c4)C[C@@]3(O)CC[C@H](O)[C@H]2C(=O)O)[C@H](O)C1. The summed E-state index contributed by atoms with van der Waals surface area (Å²) < 4.78 is 0. The van der Waals surface area contributed by atoms with Gasteiger partial charge in [0.1, 0.15) is 17.3 Å². The number of aliphatic hydroxyl groups excluding tert-OH is 2. The first-order chi connectivity index (χ1) is 31.2. The van der Waals surface area contributed by atoms with Gasteiger partial charge in [0, 0.05) is 53.0 Å². The van der Waals surface area contributed by atoms with Crippen LogP contribution < -0.4 is 5.73 Å². The molecule has 4 aromatic rings. The molecular formula is C55H75N3O7. The highest BCUT2D eigenvalue weighted by Gasteiger charge is 2.51. The normalized spacial score (nSPS) is 28.3. The number of aromatic hydroxyl groups is 2. The Balaban J connectivity index is 1.16. The number of nitrogens with one attached hydrogen (secondary N) is 1. The summed E-state index contributed by atoms with van der Waals surface area (Å²) in [5.74, 6) is -1.14. The number of carboxylic acid groups (broad SMARTS) is 1. The second-order valence-corrected chi connectivity index (χ2v) is 20.5. The fourth-order valence-electron chi connectivity index (χ4n) is 12.0. The highest BCUT2D eigenvalue weighted by molar-refractivity contribution is 5.71. The number of hydrogen-bond donors (Lipinski definition) is 8. The Kier molecular flexibility index (Phi) is 16.2. The zero-order valence-corrected chi connectivity index (χ0v) is 38.9. The van der Waals surface area contributed by atoms with Gasteiger partial charge < -0.3 is 41.4 Å². The standard InChI is InChI=1S/C55H75N3O7/c1-4-5-6-9-35-14-17-40(50(61)29-35)10-7-8-11-41-18-19-43(46-28-38(26-37-23-25-57-52(56)30-37)33-55(46,65)24-22-49(60)53(41)54(63)64)47-20-21-48(58-47)44-31-42(59)32-51(62)45(44)27-36-12-15-39(16-13-36)34(2)3/h12-17,20-21,23,25,30-32,34-35,38,40-41,43,46,49-50,53,58-62,65H,4-11,18-19,22,24,26-29,33H2,1-3H3,(H2,56,57)(H,63,64)/t35-,38+,40-,41+,43-,46+,49+,50-,53+,55+/m1/s1. The molecular weight excluding hydrogens is 815 g/mol. The number of carbonyl (C=O) groups is 1. The molecule has 3 aliphatic rings. The maximum atomic E-state index is 13.1. The molecule has 2 heterocycles. The number of allylic oxidation sites excluding steroid dienone is 1. The molecule has 0 saturated heterocycles. The van der Waals surface area contributed by atoms with Gasteiger partial charge in [-0.25, -0.2) is 4.98 Å². The number of aromatic amines is 1. The van der Waals surface area contributed by atoms with Crippen molar-refractivity contribution in [2.45, 2.75) is 160 Å². The van der Waals surface area contributed by atoms with E-state index in [1.807, 2.05) is 18.2 Å². The predicted molar refractivity (Wildman–Crippen MR) is 258 cm³/mol. The Morgan fingerprint density at radius 3 is 2.37 bits per heavy atom. The highest BCUT2D eigenvalue weighted by atomic mass is 16.4. The van der Waals surface area contributed by atoms with Crippen molar-refractivity contribution in [3.63, 3.8) is 0 Å². The first-order valence-corrected chi connectivity index (χ1v) is 24.7. The number of carboxylic acids is 1. The van der Waals surface area contributed by atoms with Crippen LogP contribution in [0, 0.1) is 35.5 Å². The molecule has 2 fully saturated rings. The van der Waals surface area contributed by atoms with Crippen LogP contribution >= 0.6 is 0 Å². The molecule has 0 amide bonds. The van der Waals surface area contributed by atoms with E-state index in [1.54, 1.807) is 12.3 Å². The van der Waals surface area contributed by atoms with Crippen LogP contribution in [0.25, 0.3) is 11.3 Å². The van der Waals surface area contributed by atoms with Crippen molar-refractivity contribution < 1.29 is 35.4 Å². The number of H-pyrrole nitrogens is 1. The van der Waals surface area contributed by atoms with Gasteiger partial charge in [-0.3, -0.25) is 4.79 Å². The number of unbranched alkanes of at least 4 members (excludes halogenated alkanes) is 3. The van der Waals surface area contributed by atoms with E-state index in [1.165, 1.54) is 30.9 Å². The first kappa shape index (κ1) is 48.3. The molecule has 352 valence electrons. The Morgan fingerprint density at radius 1 is 0.877 bits per heavy atom. The van der Waals surface area contributed by atoms with Gasteiger partial charge in [-0.2, -0.15) is 0 Å². The lowest BCUT2D eigenvalue weighted by molar-refractivity contribution is -0.150. The van der Waals surface area contributed by atoms with E-state index in [0.29, 0.717) is 67.3 Å². The number of nitrogens with two attached hydrogens (primary N) is 1. The molecule has 0 spiro atoms. The summed E-state index contributed by atoms with van der Waals surface area (Å²) >= 11 is 0. The van der Waals surface area contributed by atoms with E-state index >= 15 is 0 Å². The number of aromatic nitrogens is 2. The van der Waals surface area contributed by atoms with Crippen molar-refractivity contribution in [1.82, 2.24) is 9.97 Å². The van der Waals surface area contributed by atoms with Crippen molar-refractivity contribution in [2.75, 3.05) is 5.73 Å². The summed E-state index contributed by atoms with van der Waals surface area (Å²) in [6, 6.07) is 19.4. The highest BCUT2D eigenvalue weighted by Crippen LogP contribution is 2.53. The number of aliphatic hydroxyl groups is 3. The number of rotatable bonds is 17. The number of nitrogens with zero attached hydrogens (tertiary/aromatic N) is 1. The van der Waals surface area contributed by atoms with Gasteiger partial charge in [-0.1, -0.05) is 89.3 Å². The smallest absolute Gasteiger partial charge is 0.309 e. The van der Waals surface area contributed by atoms with Gasteiger partial charge in [0.25, 0.3) is 0 Å². The van der Waals surface area contributed by atoms with Crippen molar-refractivity contribution in [3.05, 3.63) is 107 Å². The van der Waals surface area contributed by atoms with Crippen molar-refractivity contribution >= 4 is 11.8 Å². The first-order valence-electron chi connectivity index (χ1n) is 24.7. The zero-order chi connectivity index (χ0) is 46.3. The summed E-state index contributed by atoms with van der Waals surface area (Å²) in [5, 5.41) is 68.4. The molecule has 10 nitrogen and oxygen atoms in total. The fraction of sp³-hybridized carbons (Fsp3) is 0.564. The molecule has 65 heavy (non-hydrogen) atoms. The summed E-state index contributed by atoms with van der Waals surface area (Å²) in [5.41, 5.74) is 11.3. The third-order valence-corrected chi connectivity index (χ3v) is 15.6. The zero-order valence-electron chi connectivity index (χ0n) is 38.9. The van der Waals surface area contributed by atoms with Crippen LogP contribution in [0.2, 0.25) is 0 Å². The molecule has 0 bridgehead atoms. The number of phenolic OH excluding ortho intramolecular Hbond substituents is 2. The molecule has 3 aliphatic carbocycles. The quantitative estimate of drug-likeness (QED) is 0.0376. The lowest BCUT2D eigenvalue weighted by Crippen LogP contribution is -2.42. The predicted octanol–water partition coefficient (Wildman–Crippen LogP) is 10.8. The number of phenols is 2. The minimum atomic E-state index is -1.16. The minimum absolute atomic E-state index is 0.00858. The van der Waals surface area contributed by atoms with Crippen LogP contribution in [0.3, 0.4) is 0 Å². The lowest BCUT2D eigenvalue weighted by atomic mass is 9.69. The number of anilines is 1. The molecule has 2 aromatic carbocycles. The Bertz CT molecular complexity index is 2200. The Hall–Kier alpha value is -4.64. The van der Waals surface area contributed by atoms with Gasteiger partial charge in [0.2, 0.25) is 0 Å². The largest absolute Gasteiger partial charge is 0.508 e. The summed E-state index contributed by atoms with van der Waals surface area (Å²) in [6.45, 7) is 6.53. The molecule has 0 aliphatic heterocycles. The third-order valence-electron chi connectivity index (χ3n) is 15.6. The van der Waals surface area contributed by atoms with Gasteiger partial charge in [-0.05, 0) is 147 Å². The molecule has 9 N–H and O–H groups in total. The monoisotopic (exact) mass is 890 g/mol. The van der Waals surface area contributed by atoms with E-state index in [9.17, 15) is 35.4 Å². The van der Waals surface area contributed by atoms with Crippen LogP contribution in [0.1, 0.15) is 157 Å². The number of nitrogen functional groups attached to an aromatic ring is 1. The summed E-state index contributed by atoms with van der Waals surface area (Å²) in [7, 11) is 0. The van der Waals surface area contributed by atoms with Crippen LogP contribution in [-0.4, -0.2) is 64.4 Å². The maximum Gasteiger partial charge on any atom is 0.309 e. The van der Waals surface area contributed by atoms with E-state index in [4.69, 9.17) is 5.73 Å². The van der Waals surface area contributed by atoms with Crippen molar-refractivity contribution in [2.24, 2.45) is 35.5 Å². The average Bonchev–Trinajstić information content (AvgIpc) is 3.88. The van der Waals surface area contributed by atoms with E-state index < -0.39 is 23.6 Å². The molecule has 2 saturated carbocycles. The van der Waals surface area contributed by atoms with Crippen molar-refractivity contribution in [1.29, 1.82) is 0 Å². The maximum absolute atomic E-state index is 13.1. The fourth-order valence-corrected chi connectivity index (χ4v) is 12.0. The number of benzene rings is 2. The second-order valence-electron chi connectivity index (χ2n) is 20.5. The number of hydrogen-bond acceptors (Lipinski definition) is 8. The van der Waals surface area contributed by atoms with E-state index in [-0.39, 0.29) is 60.0 Å². The molecule has 2 aromatic heterocycles. The average molecular weight is 890 g/mol. The van der Waals surface area contributed by atoms with Gasteiger partial charge in [0.05, 0.1) is 23.7 Å². The number of aliphatic carboxylic acids is 1. The van der Waals surface area contributed by atoms with Crippen LogP contribution in [-0.2, 0) is 17.6 Å². The van der Waals surface area contributed by atoms with Crippen LogP contribution in [0.15, 0.2) is 79.0 Å². The Labute approximate surface area is 386 Å². The third kappa shape index (κ3) is 12.0. The van der Waals surface area contributed by atoms with Gasteiger partial charge in [-0.15, -0.1) is 0 Å². The second kappa shape index (κ2) is 21.8. The van der Waals surface area contributed by atoms with Gasteiger partial charge in [0.15, 0.2) is 0 Å². The van der Waals surface area contributed by atoms with E-state index in [2.05, 4.69) is 73.2 Å². The van der Waals surface area contributed by atoms with Crippen molar-refractivity contribution in [3.8, 4) is 22.8 Å². The topological polar surface area (TPSA) is 193 Å². The van der Waals surface area contributed by atoms with Crippen LogP contribution in [0.4, 0.5) is 5.82 Å². The van der Waals surface area contributed by atoms with Gasteiger partial charge >= 0.3 is 5.97 Å². The number of pyridine rings is 1. The summed E-state index contributed by atoms with van der Waals surface area (Å²) in [6.07, 6.45) is 17.5. The summed E-state index contributed by atoms with van der Waals surface area (Å²) in [4.78, 5) is 21.0. The number of fused-ring (bicyclic) bond motifs is 1. The van der Waals surface area contributed by atoms with E-state index in [0.717, 1.165) is 61.0 Å². The van der Waals surface area contributed by atoms with Crippen LogP contribution in [0.5, 0.6) is 11.5 Å². The molecule has 10 atom stereocenters. The molecule has 0 unspecified atom stereocenters. The lowest BCUT2D eigenvalue weighted by Gasteiger charge is -2.39. The molecule has 7 rings (SSSR count). The minimum Gasteiger partial charge on any atom is -0.508 e. The molecule has 10 heteroatoms.